The molecule has 3 aromatic rings. The lowest BCUT2D eigenvalue weighted by molar-refractivity contribution is 0.102. The number of nitrogens with two attached hydrogens (primary N) is 1. The normalized spacial score (nSPS) is 14.4. The summed E-state index contributed by atoms with van der Waals surface area (Å²) >= 11 is 0. The molecule has 1 aliphatic carbocycles. The molecule has 4 rings (SSSR count). The molecule has 1 unspecified atom stereocenters. The number of carbonyl (C=O) groups is 2. The summed E-state index contributed by atoms with van der Waals surface area (Å²) in [5.41, 5.74) is 10.2. The van der Waals surface area contributed by atoms with E-state index in [9.17, 15) is 9.59 Å². The summed E-state index contributed by atoms with van der Waals surface area (Å²) in [6.45, 7) is 0. The number of aryl methyl sites for hydroxylation is 1. The highest BCUT2D eigenvalue weighted by molar-refractivity contribution is 6.06. The Hall–Kier alpha value is -4.00. The number of ether oxygens (including phenoxy) is 1. The largest absolute Gasteiger partial charge is 0.495 e. The number of benzene rings is 3. The van der Waals surface area contributed by atoms with Crippen LogP contribution in [0.1, 0.15) is 33.9 Å². The van der Waals surface area contributed by atoms with E-state index < -0.39 is 0 Å². The molecule has 158 valence electrons. The Bertz CT molecular complexity index is 1130. The lowest BCUT2D eigenvalue weighted by Crippen LogP contribution is -2.31. The smallest absolute Gasteiger partial charge is 0.319 e. The number of methoxy groups -OCH3 is 1. The maximum Gasteiger partial charge on any atom is 0.319 e. The molecule has 1 atom stereocenters. The van der Waals surface area contributed by atoms with E-state index in [1.54, 1.807) is 37.4 Å². The van der Waals surface area contributed by atoms with Crippen LogP contribution in [-0.2, 0) is 6.42 Å². The van der Waals surface area contributed by atoms with Gasteiger partial charge in [-0.1, -0.05) is 30.3 Å². The summed E-state index contributed by atoms with van der Waals surface area (Å²) in [6, 6.07) is 19.5. The minimum Gasteiger partial charge on any atom is -0.495 e. The van der Waals surface area contributed by atoms with Crippen LogP contribution in [0.3, 0.4) is 0 Å². The molecule has 31 heavy (non-hydrogen) atoms. The molecule has 0 aromatic heterocycles. The predicted molar refractivity (Wildman–Crippen MR) is 121 cm³/mol. The van der Waals surface area contributed by atoms with Crippen LogP contribution < -0.4 is 26.4 Å². The van der Waals surface area contributed by atoms with E-state index in [2.05, 4.69) is 16.0 Å². The Labute approximate surface area is 180 Å². The molecule has 1 aliphatic rings. The van der Waals surface area contributed by atoms with E-state index in [1.807, 2.05) is 36.4 Å². The fourth-order valence-corrected chi connectivity index (χ4v) is 3.78. The van der Waals surface area contributed by atoms with Crippen LogP contribution in [0.25, 0.3) is 0 Å². The number of urea groups is 1. The lowest BCUT2D eigenvalue weighted by Gasteiger charge is -2.16. The van der Waals surface area contributed by atoms with Gasteiger partial charge in [-0.15, -0.1) is 0 Å². The third kappa shape index (κ3) is 4.45. The molecule has 0 heterocycles. The van der Waals surface area contributed by atoms with Gasteiger partial charge in [-0.05, 0) is 60.4 Å². The first-order valence-electron chi connectivity index (χ1n) is 10.0. The standard InChI is InChI=1S/C24H24N4O3/c1-31-22-9-5-4-8-21(22)28-24(30)27-19-13-11-15-14-16(10-12-17(15)19)23(29)26-20-7-3-2-6-18(20)25/h2-10,12,14,19H,11,13,25H2,1H3,(H,26,29)(H2,27,28,30). The number of para-hydroxylation sites is 4. The van der Waals surface area contributed by atoms with Gasteiger partial charge in [0.05, 0.1) is 30.2 Å². The summed E-state index contributed by atoms with van der Waals surface area (Å²) in [6.07, 6.45) is 1.55. The molecule has 0 saturated carbocycles. The molecular formula is C24H24N4O3. The maximum atomic E-state index is 12.6. The zero-order chi connectivity index (χ0) is 21.8. The number of hydrogen-bond acceptors (Lipinski definition) is 4. The van der Waals surface area contributed by atoms with Gasteiger partial charge < -0.3 is 26.4 Å². The Kier molecular flexibility index (Phi) is 5.75. The summed E-state index contributed by atoms with van der Waals surface area (Å²) < 4.78 is 5.27. The highest BCUT2D eigenvalue weighted by Gasteiger charge is 2.25. The van der Waals surface area contributed by atoms with Crippen molar-refractivity contribution in [3.63, 3.8) is 0 Å². The van der Waals surface area contributed by atoms with Gasteiger partial charge in [-0.3, -0.25) is 4.79 Å². The molecule has 0 radical (unpaired) electrons. The Morgan fingerprint density at radius 2 is 1.71 bits per heavy atom. The third-order valence-electron chi connectivity index (χ3n) is 5.35. The van der Waals surface area contributed by atoms with Crippen molar-refractivity contribution in [1.82, 2.24) is 5.32 Å². The van der Waals surface area contributed by atoms with Gasteiger partial charge in [0.25, 0.3) is 5.91 Å². The first kappa shape index (κ1) is 20.3. The molecule has 0 spiro atoms. The van der Waals surface area contributed by atoms with E-state index in [1.165, 1.54) is 0 Å². The van der Waals surface area contributed by atoms with Crippen LogP contribution >= 0.6 is 0 Å². The zero-order valence-electron chi connectivity index (χ0n) is 17.1. The number of anilines is 3. The fraction of sp³-hybridized carbons (Fsp3) is 0.167. The van der Waals surface area contributed by atoms with Crippen molar-refractivity contribution >= 4 is 29.0 Å². The van der Waals surface area contributed by atoms with Crippen LogP contribution in [0, 0.1) is 0 Å². The van der Waals surface area contributed by atoms with Crippen LogP contribution in [0.15, 0.2) is 66.7 Å². The first-order valence-corrected chi connectivity index (χ1v) is 10.0. The van der Waals surface area contributed by atoms with Crippen LogP contribution in [0.2, 0.25) is 0 Å². The monoisotopic (exact) mass is 416 g/mol. The molecule has 3 aromatic carbocycles. The first-order chi connectivity index (χ1) is 15.0. The zero-order valence-corrected chi connectivity index (χ0v) is 17.1. The second kappa shape index (κ2) is 8.79. The van der Waals surface area contributed by atoms with Crippen molar-refractivity contribution in [1.29, 1.82) is 0 Å². The molecule has 7 heteroatoms. The number of hydrogen-bond donors (Lipinski definition) is 4. The molecule has 0 bridgehead atoms. The lowest BCUT2D eigenvalue weighted by atomic mass is 10.0. The third-order valence-corrected chi connectivity index (χ3v) is 5.35. The Morgan fingerprint density at radius 3 is 2.48 bits per heavy atom. The van der Waals surface area contributed by atoms with Crippen molar-refractivity contribution in [3.8, 4) is 5.75 Å². The number of nitrogen functional groups attached to an aromatic ring is 1. The SMILES string of the molecule is COc1ccccc1NC(=O)NC1CCc2cc(C(=O)Nc3ccccc3N)ccc21. The summed E-state index contributed by atoms with van der Waals surface area (Å²) in [4.78, 5) is 25.1. The highest BCUT2D eigenvalue weighted by atomic mass is 16.5. The van der Waals surface area contributed by atoms with Crippen LogP contribution in [-0.4, -0.2) is 19.0 Å². The quantitative estimate of drug-likeness (QED) is 0.464. The number of amides is 3. The topological polar surface area (TPSA) is 105 Å². The molecule has 3 amide bonds. The van der Waals surface area contributed by atoms with Gasteiger partial charge in [0.1, 0.15) is 5.75 Å². The Morgan fingerprint density at radius 1 is 0.968 bits per heavy atom. The second-order valence-corrected chi connectivity index (χ2v) is 7.34. The van der Waals surface area contributed by atoms with Gasteiger partial charge in [0.2, 0.25) is 0 Å². The maximum absolute atomic E-state index is 12.6. The minimum absolute atomic E-state index is 0.119. The summed E-state index contributed by atoms with van der Waals surface area (Å²) in [7, 11) is 1.56. The van der Waals surface area contributed by atoms with E-state index in [0.717, 1.165) is 24.0 Å². The van der Waals surface area contributed by atoms with Gasteiger partial charge in [0.15, 0.2) is 0 Å². The van der Waals surface area contributed by atoms with Crippen LogP contribution in [0.5, 0.6) is 5.75 Å². The number of nitrogens with one attached hydrogen (secondary N) is 3. The average Bonchev–Trinajstić information content (AvgIpc) is 3.17. The van der Waals surface area contributed by atoms with E-state index in [4.69, 9.17) is 10.5 Å². The molecule has 0 fully saturated rings. The van der Waals surface area contributed by atoms with Crippen molar-refractivity contribution in [2.45, 2.75) is 18.9 Å². The molecule has 0 saturated heterocycles. The van der Waals surface area contributed by atoms with Gasteiger partial charge in [-0.25, -0.2) is 4.79 Å². The van der Waals surface area contributed by atoms with Gasteiger partial charge >= 0.3 is 6.03 Å². The average molecular weight is 416 g/mol. The van der Waals surface area contributed by atoms with Crippen molar-refractivity contribution in [3.05, 3.63) is 83.4 Å². The molecule has 7 nitrogen and oxygen atoms in total. The minimum atomic E-state index is -0.302. The van der Waals surface area contributed by atoms with E-state index in [-0.39, 0.29) is 18.0 Å². The number of rotatable bonds is 5. The molecular weight excluding hydrogens is 392 g/mol. The van der Waals surface area contributed by atoms with Crippen molar-refractivity contribution in [2.24, 2.45) is 0 Å². The Balaban J connectivity index is 1.43. The van der Waals surface area contributed by atoms with Crippen molar-refractivity contribution in [2.75, 3.05) is 23.5 Å². The molecule has 0 aliphatic heterocycles. The summed E-state index contributed by atoms with van der Waals surface area (Å²) in [5, 5.41) is 8.68. The molecule has 5 N–H and O–H groups in total. The predicted octanol–water partition coefficient (Wildman–Crippen LogP) is 4.34. The fourth-order valence-electron chi connectivity index (χ4n) is 3.78. The number of carbonyl (C=O) groups excluding carboxylic acids is 2. The second-order valence-electron chi connectivity index (χ2n) is 7.34. The van der Waals surface area contributed by atoms with Gasteiger partial charge in [0, 0.05) is 5.56 Å². The highest BCUT2D eigenvalue weighted by Crippen LogP contribution is 2.32. The number of fused-ring (bicyclic) bond motifs is 1. The van der Waals surface area contributed by atoms with Crippen molar-refractivity contribution < 1.29 is 14.3 Å². The van der Waals surface area contributed by atoms with Crippen LogP contribution in [0.4, 0.5) is 21.9 Å². The van der Waals surface area contributed by atoms with E-state index in [0.29, 0.717) is 28.4 Å². The summed E-state index contributed by atoms with van der Waals surface area (Å²) in [5.74, 6) is 0.380. The van der Waals surface area contributed by atoms with Gasteiger partial charge in [-0.2, -0.15) is 0 Å². The van der Waals surface area contributed by atoms with E-state index >= 15 is 0 Å².